The summed E-state index contributed by atoms with van der Waals surface area (Å²) in [5.74, 6) is -2.68. The number of hydrogen-bond donors (Lipinski definition) is 2. The highest BCUT2D eigenvalue weighted by molar-refractivity contribution is 6.29. The van der Waals surface area contributed by atoms with Crippen molar-refractivity contribution >= 4 is 23.1 Å². The molecule has 35 heavy (non-hydrogen) atoms. The van der Waals surface area contributed by atoms with Crippen molar-refractivity contribution in [3.05, 3.63) is 59.3 Å². The van der Waals surface area contributed by atoms with Crippen LogP contribution in [0.25, 0.3) is 0 Å². The summed E-state index contributed by atoms with van der Waals surface area (Å²) < 4.78 is 81.2. The fraction of sp³-hybridized carbons (Fsp3) is 0.417. The van der Waals surface area contributed by atoms with Crippen LogP contribution in [0.5, 0.6) is 0 Å². The summed E-state index contributed by atoms with van der Waals surface area (Å²) in [6.07, 6.45) is -4.68. The van der Waals surface area contributed by atoms with E-state index in [0.717, 1.165) is 50.9 Å². The Morgan fingerprint density at radius 3 is 2.09 bits per heavy atom. The molecule has 2 N–H and O–H groups in total. The average molecular weight is 501 g/mol. The standard InChI is InChI=1S/C24H25F6N3O2/c1-4-18(23(25,26)27)13(2)21(34)17(12-31-3)22(35)32-20-10-9-16(11-19(20)24(28,29)30)33-14-5-6-15(33)8-7-14/h4,9-12,14-15,31H,2,5-8H2,1,3H3,(H,32,35)/b17-12+,18-4+. The number of anilines is 2. The molecule has 0 saturated carbocycles. The molecule has 2 heterocycles. The molecular weight excluding hydrogens is 476 g/mol. The van der Waals surface area contributed by atoms with Crippen molar-refractivity contribution in [3.8, 4) is 0 Å². The number of amides is 1. The normalized spacial score (nSPS) is 20.7. The Labute approximate surface area is 198 Å². The number of allylic oxidation sites excluding steroid dienone is 3. The molecule has 0 spiro atoms. The maximum absolute atomic E-state index is 13.9. The van der Waals surface area contributed by atoms with E-state index in [9.17, 15) is 35.9 Å². The molecule has 1 amide bonds. The van der Waals surface area contributed by atoms with Crippen LogP contribution in [0, 0.1) is 0 Å². The monoisotopic (exact) mass is 501 g/mol. The quantitative estimate of drug-likeness (QED) is 0.170. The fourth-order valence-electron chi connectivity index (χ4n) is 4.73. The molecule has 11 heteroatoms. The highest BCUT2D eigenvalue weighted by Crippen LogP contribution is 2.44. The van der Waals surface area contributed by atoms with Gasteiger partial charge in [-0.2, -0.15) is 26.3 Å². The van der Waals surface area contributed by atoms with Gasteiger partial charge in [-0.1, -0.05) is 12.7 Å². The number of rotatable bonds is 7. The first kappa shape index (κ1) is 26.4. The Kier molecular flexibility index (Phi) is 7.37. The number of hydrogen-bond acceptors (Lipinski definition) is 4. The zero-order valence-corrected chi connectivity index (χ0v) is 19.1. The van der Waals surface area contributed by atoms with E-state index in [1.54, 1.807) is 0 Å². The van der Waals surface area contributed by atoms with Crippen molar-refractivity contribution in [2.45, 2.75) is 57.0 Å². The van der Waals surface area contributed by atoms with Crippen molar-refractivity contribution in [1.82, 2.24) is 5.32 Å². The maximum atomic E-state index is 13.9. The Balaban J connectivity index is 1.91. The summed E-state index contributed by atoms with van der Waals surface area (Å²) in [6, 6.07) is 3.85. The topological polar surface area (TPSA) is 61.4 Å². The molecule has 190 valence electrons. The molecular formula is C24H25F6N3O2. The highest BCUT2D eigenvalue weighted by atomic mass is 19.4. The Hall–Kier alpha value is -3.24. The number of alkyl halides is 6. The Morgan fingerprint density at radius 2 is 1.63 bits per heavy atom. The summed E-state index contributed by atoms with van der Waals surface area (Å²) in [6.45, 7) is 4.19. The van der Waals surface area contributed by atoms with Crippen LogP contribution >= 0.6 is 0 Å². The molecule has 0 radical (unpaired) electrons. The second kappa shape index (κ2) is 9.79. The van der Waals surface area contributed by atoms with Crippen LogP contribution < -0.4 is 15.5 Å². The van der Waals surface area contributed by atoms with Gasteiger partial charge < -0.3 is 15.5 Å². The van der Waals surface area contributed by atoms with Gasteiger partial charge in [-0.05, 0) is 50.8 Å². The Morgan fingerprint density at radius 1 is 1.06 bits per heavy atom. The van der Waals surface area contributed by atoms with Gasteiger partial charge in [-0.3, -0.25) is 9.59 Å². The third-order valence-electron chi connectivity index (χ3n) is 6.28. The van der Waals surface area contributed by atoms with E-state index in [2.05, 4.69) is 11.9 Å². The first-order valence-corrected chi connectivity index (χ1v) is 11.0. The molecule has 0 aliphatic carbocycles. The van der Waals surface area contributed by atoms with Gasteiger partial charge >= 0.3 is 12.4 Å². The van der Waals surface area contributed by atoms with Crippen molar-refractivity contribution < 1.29 is 35.9 Å². The lowest BCUT2D eigenvalue weighted by Gasteiger charge is -2.26. The molecule has 0 atom stereocenters. The smallest absolute Gasteiger partial charge is 0.393 e. The van der Waals surface area contributed by atoms with Crippen LogP contribution in [-0.4, -0.2) is 37.0 Å². The van der Waals surface area contributed by atoms with Crippen molar-refractivity contribution in [2.24, 2.45) is 0 Å². The minimum absolute atomic E-state index is 0.171. The molecule has 2 aliphatic rings. The van der Waals surface area contributed by atoms with Crippen molar-refractivity contribution in [1.29, 1.82) is 0 Å². The van der Waals surface area contributed by atoms with Gasteiger partial charge in [0.2, 0.25) is 0 Å². The van der Waals surface area contributed by atoms with E-state index in [1.807, 2.05) is 10.2 Å². The van der Waals surface area contributed by atoms with E-state index in [-0.39, 0.29) is 12.1 Å². The second-order valence-corrected chi connectivity index (χ2v) is 8.41. The predicted molar refractivity (Wildman–Crippen MR) is 120 cm³/mol. The average Bonchev–Trinajstić information content (AvgIpc) is 3.36. The van der Waals surface area contributed by atoms with E-state index < -0.39 is 52.0 Å². The molecule has 2 saturated heterocycles. The predicted octanol–water partition coefficient (Wildman–Crippen LogP) is 5.51. The summed E-state index contributed by atoms with van der Waals surface area (Å²) in [5, 5.41) is 4.40. The molecule has 5 nitrogen and oxygen atoms in total. The van der Waals surface area contributed by atoms with Gasteiger partial charge in [-0.15, -0.1) is 0 Å². The number of benzene rings is 1. The number of halogens is 6. The number of nitrogens with zero attached hydrogens (tertiary/aromatic N) is 1. The van der Waals surface area contributed by atoms with Crippen molar-refractivity contribution in [2.75, 3.05) is 17.3 Å². The van der Waals surface area contributed by atoms with Crippen LogP contribution in [0.1, 0.15) is 38.2 Å². The van der Waals surface area contributed by atoms with Crippen LogP contribution in [-0.2, 0) is 15.8 Å². The fourth-order valence-corrected chi connectivity index (χ4v) is 4.73. The summed E-state index contributed by atoms with van der Waals surface area (Å²) in [5.41, 5.74) is -4.52. The summed E-state index contributed by atoms with van der Waals surface area (Å²) in [4.78, 5) is 27.4. The summed E-state index contributed by atoms with van der Waals surface area (Å²) in [7, 11) is 1.28. The molecule has 2 aliphatic heterocycles. The number of ketones is 1. The van der Waals surface area contributed by atoms with Gasteiger partial charge in [0, 0.05) is 36.6 Å². The minimum atomic E-state index is -4.91. The highest BCUT2D eigenvalue weighted by Gasteiger charge is 2.42. The third kappa shape index (κ3) is 5.38. The molecule has 0 aromatic heterocycles. The zero-order valence-electron chi connectivity index (χ0n) is 19.1. The molecule has 3 rings (SSSR count). The lowest BCUT2D eigenvalue weighted by molar-refractivity contribution is -0.137. The zero-order chi connectivity index (χ0) is 26.1. The summed E-state index contributed by atoms with van der Waals surface area (Å²) >= 11 is 0. The first-order valence-electron chi connectivity index (χ1n) is 11.0. The van der Waals surface area contributed by atoms with E-state index >= 15 is 0 Å². The molecule has 1 aromatic carbocycles. The number of Topliss-reactive ketones (excluding diaryl/α,β-unsaturated/α-hetero) is 1. The van der Waals surface area contributed by atoms with E-state index in [0.29, 0.717) is 11.8 Å². The van der Waals surface area contributed by atoms with Gasteiger partial charge in [0.1, 0.15) is 5.57 Å². The van der Waals surface area contributed by atoms with Crippen LogP contribution in [0.3, 0.4) is 0 Å². The second-order valence-electron chi connectivity index (χ2n) is 8.41. The Bertz CT molecular complexity index is 1070. The van der Waals surface area contributed by atoms with Gasteiger partial charge in [-0.25, -0.2) is 0 Å². The maximum Gasteiger partial charge on any atom is 0.418 e. The number of carbonyl (C=O) groups is 2. The first-order chi connectivity index (χ1) is 16.3. The van der Waals surface area contributed by atoms with E-state index in [4.69, 9.17) is 0 Å². The lowest BCUT2D eigenvalue weighted by Crippen LogP contribution is -2.29. The lowest BCUT2D eigenvalue weighted by atomic mass is 9.97. The van der Waals surface area contributed by atoms with Crippen LogP contribution in [0.4, 0.5) is 37.7 Å². The number of fused-ring (bicyclic) bond motifs is 2. The largest absolute Gasteiger partial charge is 0.418 e. The van der Waals surface area contributed by atoms with Gasteiger partial charge in [0.05, 0.1) is 16.8 Å². The number of carbonyl (C=O) groups excluding carboxylic acids is 2. The third-order valence-corrected chi connectivity index (χ3v) is 6.28. The molecule has 2 fully saturated rings. The minimum Gasteiger partial charge on any atom is -0.393 e. The van der Waals surface area contributed by atoms with E-state index in [1.165, 1.54) is 13.1 Å². The molecule has 2 bridgehead atoms. The SMILES string of the molecule is C=C(C(=O)/C(=C\NC)C(=O)Nc1ccc(N2C3CCC2CC3)cc1C(F)(F)F)/C(=C\C)C(F)(F)F. The van der Waals surface area contributed by atoms with Gasteiger partial charge in [0.15, 0.2) is 5.78 Å². The van der Waals surface area contributed by atoms with Crippen molar-refractivity contribution in [3.63, 3.8) is 0 Å². The number of nitrogens with one attached hydrogen (secondary N) is 2. The molecule has 0 unspecified atom stereocenters. The van der Waals surface area contributed by atoms with Crippen LogP contribution in [0.2, 0.25) is 0 Å². The van der Waals surface area contributed by atoms with Gasteiger partial charge in [0.25, 0.3) is 5.91 Å². The molecule has 1 aromatic rings. The van der Waals surface area contributed by atoms with Crippen LogP contribution in [0.15, 0.2) is 53.8 Å².